The van der Waals surface area contributed by atoms with Crippen molar-refractivity contribution in [3.63, 3.8) is 0 Å². The number of hydrogen-bond donors (Lipinski definition) is 0. The van der Waals surface area contributed by atoms with E-state index in [1.165, 1.54) is 27.4 Å². The fourth-order valence-corrected chi connectivity index (χ4v) is 1.72. The predicted molar refractivity (Wildman–Crippen MR) is 68.3 cm³/mol. The van der Waals surface area contributed by atoms with Gasteiger partial charge in [-0.2, -0.15) is 0 Å². The van der Waals surface area contributed by atoms with Gasteiger partial charge in [-0.05, 0) is 6.07 Å². The second-order valence-electron chi connectivity index (χ2n) is 3.65. The Morgan fingerprint density at radius 3 is 2.25 bits per heavy atom. The third kappa shape index (κ3) is 2.51. The molecule has 0 saturated carbocycles. The number of rotatable bonds is 6. The Hall–Kier alpha value is -2.70. The van der Waals surface area contributed by atoms with E-state index >= 15 is 0 Å². The molecule has 0 fully saturated rings. The highest BCUT2D eigenvalue weighted by Gasteiger charge is 2.17. The lowest BCUT2D eigenvalue weighted by atomic mass is 10.1. The molecule has 106 valence electrons. The van der Waals surface area contributed by atoms with Gasteiger partial charge in [-0.1, -0.05) is 5.16 Å². The smallest absolute Gasteiger partial charge is 0.319 e. The molecule has 0 aliphatic rings. The summed E-state index contributed by atoms with van der Waals surface area (Å²) in [6, 6.07) is 4.83. The third-order valence-corrected chi connectivity index (χ3v) is 2.63. The van der Waals surface area contributed by atoms with Gasteiger partial charge < -0.3 is 23.5 Å². The van der Waals surface area contributed by atoms with Crippen LogP contribution < -0.4 is 18.9 Å². The van der Waals surface area contributed by atoms with Gasteiger partial charge in [0.2, 0.25) is 0 Å². The fourth-order valence-electron chi connectivity index (χ4n) is 1.72. The van der Waals surface area contributed by atoms with Gasteiger partial charge >= 0.3 is 12.4 Å². The maximum Gasteiger partial charge on any atom is 0.319 e. The van der Waals surface area contributed by atoms with E-state index in [2.05, 4.69) is 9.89 Å². The Kier molecular flexibility index (Phi) is 4.09. The topological polar surface area (TPSA) is 80.0 Å². The zero-order chi connectivity index (χ0) is 14.5. The van der Waals surface area contributed by atoms with Crippen molar-refractivity contribution in [1.29, 1.82) is 0 Å². The molecule has 0 atom stereocenters. The first kappa shape index (κ1) is 13.7. The van der Waals surface area contributed by atoms with Crippen LogP contribution >= 0.6 is 0 Å². The maximum absolute atomic E-state index is 10.3. The first-order valence-corrected chi connectivity index (χ1v) is 5.61. The highest BCUT2D eigenvalue weighted by molar-refractivity contribution is 5.72. The quantitative estimate of drug-likeness (QED) is 0.747. The molecule has 2 rings (SSSR count). The SMILES string of the molecule is COc1cc(OC)c(-c2cc(OC=O)on2)cc1OC. The summed E-state index contributed by atoms with van der Waals surface area (Å²) in [5, 5.41) is 3.81. The zero-order valence-corrected chi connectivity index (χ0v) is 11.2. The van der Waals surface area contributed by atoms with Gasteiger partial charge in [0, 0.05) is 11.6 Å². The van der Waals surface area contributed by atoms with Gasteiger partial charge in [0.25, 0.3) is 0 Å². The summed E-state index contributed by atoms with van der Waals surface area (Å²) >= 11 is 0. The first-order valence-electron chi connectivity index (χ1n) is 5.61. The summed E-state index contributed by atoms with van der Waals surface area (Å²) in [6.45, 7) is 0.260. The second-order valence-corrected chi connectivity index (χ2v) is 3.65. The number of aromatic nitrogens is 1. The summed E-state index contributed by atoms with van der Waals surface area (Å²) < 4.78 is 25.1. The molecule has 7 nitrogen and oxygen atoms in total. The highest BCUT2D eigenvalue weighted by Crippen LogP contribution is 2.40. The number of carbonyl (C=O) groups is 1. The minimum atomic E-state index is -0.00756. The van der Waals surface area contributed by atoms with Crippen LogP contribution in [0.15, 0.2) is 22.7 Å². The van der Waals surface area contributed by atoms with Crippen molar-refractivity contribution in [3.05, 3.63) is 18.2 Å². The maximum atomic E-state index is 10.3. The lowest BCUT2D eigenvalue weighted by Crippen LogP contribution is -1.94. The van der Waals surface area contributed by atoms with Crippen molar-refractivity contribution in [2.75, 3.05) is 21.3 Å². The van der Waals surface area contributed by atoms with Crippen molar-refractivity contribution in [2.24, 2.45) is 0 Å². The van der Waals surface area contributed by atoms with Gasteiger partial charge in [0.15, 0.2) is 11.5 Å². The van der Waals surface area contributed by atoms with Crippen LogP contribution in [0, 0.1) is 0 Å². The number of nitrogens with zero attached hydrogens (tertiary/aromatic N) is 1. The van der Waals surface area contributed by atoms with E-state index in [0.717, 1.165) is 0 Å². The average Bonchev–Trinajstić information content (AvgIpc) is 2.94. The molecule has 1 heterocycles. The molecule has 20 heavy (non-hydrogen) atoms. The van der Waals surface area contributed by atoms with E-state index in [-0.39, 0.29) is 12.4 Å². The average molecular weight is 279 g/mol. The van der Waals surface area contributed by atoms with Crippen LogP contribution in [0.5, 0.6) is 23.2 Å². The van der Waals surface area contributed by atoms with E-state index < -0.39 is 0 Å². The molecular weight excluding hydrogens is 266 g/mol. The predicted octanol–water partition coefficient (Wildman–Crippen LogP) is 1.90. The molecule has 0 spiro atoms. The van der Waals surface area contributed by atoms with Crippen molar-refractivity contribution in [2.45, 2.75) is 0 Å². The lowest BCUT2D eigenvalue weighted by molar-refractivity contribution is -0.121. The van der Waals surface area contributed by atoms with Gasteiger partial charge in [0.05, 0.1) is 27.4 Å². The molecule has 0 amide bonds. The van der Waals surface area contributed by atoms with E-state index in [9.17, 15) is 4.79 Å². The van der Waals surface area contributed by atoms with Gasteiger partial charge in [-0.3, -0.25) is 4.79 Å². The highest BCUT2D eigenvalue weighted by atomic mass is 16.6. The molecule has 0 aliphatic heterocycles. The lowest BCUT2D eigenvalue weighted by Gasteiger charge is -2.12. The van der Waals surface area contributed by atoms with Gasteiger partial charge in [-0.25, -0.2) is 0 Å². The Morgan fingerprint density at radius 1 is 1.00 bits per heavy atom. The van der Waals surface area contributed by atoms with Crippen molar-refractivity contribution in [3.8, 4) is 34.5 Å². The van der Waals surface area contributed by atoms with Crippen LogP contribution in [0.25, 0.3) is 11.3 Å². The first-order chi connectivity index (χ1) is 9.73. The van der Waals surface area contributed by atoms with Crippen molar-refractivity contribution in [1.82, 2.24) is 5.16 Å². The number of hydrogen-bond acceptors (Lipinski definition) is 7. The van der Waals surface area contributed by atoms with E-state index in [0.29, 0.717) is 28.5 Å². The molecule has 0 N–H and O–H groups in total. The van der Waals surface area contributed by atoms with Gasteiger partial charge in [0.1, 0.15) is 11.4 Å². The van der Waals surface area contributed by atoms with Crippen LogP contribution in [0.1, 0.15) is 0 Å². The molecular formula is C13H13NO6. The minimum absolute atomic E-state index is 0.00756. The van der Waals surface area contributed by atoms with E-state index in [1.807, 2.05) is 0 Å². The van der Waals surface area contributed by atoms with Crippen LogP contribution in [0.3, 0.4) is 0 Å². The van der Waals surface area contributed by atoms with E-state index in [4.69, 9.17) is 18.7 Å². The van der Waals surface area contributed by atoms with Crippen LogP contribution in [-0.4, -0.2) is 33.0 Å². The summed E-state index contributed by atoms with van der Waals surface area (Å²) in [7, 11) is 4.58. The molecule has 1 aromatic carbocycles. The molecule has 0 aliphatic carbocycles. The number of carbonyl (C=O) groups excluding carboxylic acids is 1. The zero-order valence-electron chi connectivity index (χ0n) is 11.2. The summed E-state index contributed by atoms with van der Waals surface area (Å²) in [5.74, 6) is 1.56. The Labute approximate surface area is 115 Å². The third-order valence-electron chi connectivity index (χ3n) is 2.63. The second kappa shape index (κ2) is 5.96. The molecule has 1 aromatic heterocycles. The van der Waals surface area contributed by atoms with Crippen LogP contribution in [0.2, 0.25) is 0 Å². The van der Waals surface area contributed by atoms with Crippen molar-refractivity contribution < 1.29 is 28.3 Å². The fraction of sp³-hybridized carbons (Fsp3) is 0.231. The van der Waals surface area contributed by atoms with Crippen molar-refractivity contribution >= 4 is 6.47 Å². The number of benzene rings is 1. The summed E-state index contributed by atoms with van der Waals surface area (Å²) in [6.07, 6.45) is 0. The Morgan fingerprint density at radius 2 is 1.65 bits per heavy atom. The van der Waals surface area contributed by atoms with Crippen LogP contribution in [-0.2, 0) is 4.79 Å². The molecule has 0 unspecified atom stereocenters. The Balaban J connectivity index is 2.50. The molecule has 0 bridgehead atoms. The monoisotopic (exact) mass is 279 g/mol. The van der Waals surface area contributed by atoms with Gasteiger partial charge in [-0.15, -0.1) is 0 Å². The number of methoxy groups -OCH3 is 3. The standard InChI is InChI=1S/C13H13NO6/c1-16-10-6-12(18-3)11(17-2)4-8(10)9-5-13(19-7-15)20-14-9/h4-7H,1-3H3. The van der Waals surface area contributed by atoms with Crippen LogP contribution in [0.4, 0.5) is 0 Å². The molecule has 0 saturated heterocycles. The van der Waals surface area contributed by atoms with E-state index in [1.54, 1.807) is 12.1 Å². The summed E-state index contributed by atoms with van der Waals surface area (Å²) in [4.78, 5) is 10.3. The molecule has 0 radical (unpaired) electrons. The summed E-state index contributed by atoms with van der Waals surface area (Å²) in [5.41, 5.74) is 1.06. The Bertz CT molecular complexity index is 607. The minimum Gasteiger partial charge on any atom is -0.496 e. The molecule has 2 aromatic rings. The molecule has 7 heteroatoms. The normalized spacial score (nSPS) is 9.95. The number of ether oxygens (including phenoxy) is 4. The largest absolute Gasteiger partial charge is 0.496 e.